The summed E-state index contributed by atoms with van der Waals surface area (Å²) in [5.41, 5.74) is 5.43. The first-order chi connectivity index (χ1) is 10.4. The second-order valence-corrected chi connectivity index (χ2v) is 4.95. The van der Waals surface area contributed by atoms with Crippen LogP contribution in [-0.4, -0.2) is 21.5 Å². The predicted octanol–water partition coefficient (Wildman–Crippen LogP) is 1.33. The highest BCUT2D eigenvalue weighted by Gasteiger charge is 2.34. The normalized spacial score (nSPS) is 14.8. The predicted molar refractivity (Wildman–Crippen MR) is 73.3 cm³/mol. The van der Waals surface area contributed by atoms with E-state index in [4.69, 9.17) is 5.73 Å². The van der Waals surface area contributed by atoms with E-state index in [1.165, 1.54) is 12.5 Å². The molecule has 0 aromatic carbocycles. The van der Waals surface area contributed by atoms with Crippen LogP contribution in [0.3, 0.4) is 0 Å². The Hall–Kier alpha value is -2.58. The molecule has 0 saturated heterocycles. The number of nitrogens with one attached hydrogen (secondary N) is 1. The van der Waals surface area contributed by atoms with Crippen LogP contribution in [-0.2, 0) is 19.1 Å². The van der Waals surface area contributed by atoms with Gasteiger partial charge in [-0.15, -0.1) is 0 Å². The number of alkyl halides is 3. The van der Waals surface area contributed by atoms with Gasteiger partial charge in [0.1, 0.15) is 5.82 Å². The monoisotopic (exact) mass is 311 g/mol. The maximum atomic E-state index is 12.9. The Kier molecular flexibility index (Phi) is 3.27. The molecule has 22 heavy (non-hydrogen) atoms. The van der Waals surface area contributed by atoms with E-state index in [9.17, 15) is 18.0 Å². The summed E-state index contributed by atoms with van der Waals surface area (Å²) in [6.07, 6.45) is -1.49. The standard InChI is InChI=1S/C13H12F3N5O/c14-13(15,16)9-3-7(4-18-11(9)17)21-2-1-10-8(5-21)12(22)20-6-19-10/h3-4,6H,1-2,5H2,(H2,17,18)(H,19,20,22). The zero-order valence-corrected chi connectivity index (χ0v) is 11.3. The summed E-state index contributed by atoms with van der Waals surface area (Å²) in [6, 6.07) is 0.956. The minimum Gasteiger partial charge on any atom is -0.383 e. The smallest absolute Gasteiger partial charge is 0.383 e. The van der Waals surface area contributed by atoms with Crippen molar-refractivity contribution in [3.8, 4) is 0 Å². The van der Waals surface area contributed by atoms with Crippen molar-refractivity contribution < 1.29 is 13.2 Å². The Balaban J connectivity index is 1.97. The molecule has 0 atom stereocenters. The van der Waals surface area contributed by atoms with Gasteiger partial charge in [-0.25, -0.2) is 9.97 Å². The van der Waals surface area contributed by atoms with Gasteiger partial charge in [-0.1, -0.05) is 0 Å². The van der Waals surface area contributed by atoms with Crippen LogP contribution in [0.25, 0.3) is 0 Å². The Labute approximate surface area is 122 Å². The Bertz CT molecular complexity index is 771. The molecule has 3 rings (SSSR count). The van der Waals surface area contributed by atoms with Gasteiger partial charge in [0.2, 0.25) is 0 Å². The van der Waals surface area contributed by atoms with E-state index in [0.29, 0.717) is 24.2 Å². The first-order valence-corrected chi connectivity index (χ1v) is 6.49. The molecule has 3 N–H and O–H groups in total. The molecule has 1 aliphatic rings. The Morgan fingerprint density at radius 2 is 2.09 bits per heavy atom. The molecule has 2 aromatic heterocycles. The third-order valence-corrected chi connectivity index (χ3v) is 3.58. The SMILES string of the molecule is Nc1ncc(N2CCc3nc[nH]c(=O)c3C2)cc1C(F)(F)F. The molecule has 0 amide bonds. The van der Waals surface area contributed by atoms with Gasteiger partial charge in [0.15, 0.2) is 0 Å². The largest absolute Gasteiger partial charge is 0.420 e. The van der Waals surface area contributed by atoms with E-state index in [0.717, 1.165) is 6.07 Å². The quantitative estimate of drug-likeness (QED) is 0.829. The molecule has 0 fully saturated rings. The van der Waals surface area contributed by atoms with Crippen molar-refractivity contribution in [3.63, 3.8) is 0 Å². The zero-order valence-electron chi connectivity index (χ0n) is 11.3. The van der Waals surface area contributed by atoms with Crippen LogP contribution in [0, 0.1) is 0 Å². The third-order valence-electron chi connectivity index (χ3n) is 3.58. The number of anilines is 2. The topological polar surface area (TPSA) is 87.9 Å². The Morgan fingerprint density at radius 3 is 2.82 bits per heavy atom. The van der Waals surface area contributed by atoms with E-state index in [2.05, 4.69) is 15.0 Å². The van der Waals surface area contributed by atoms with Gasteiger partial charge in [0, 0.05) is 13.0 Å². The van der Waals surface area contributed by atoms with Crippen molar-refractivity contribution in [1.29, 1.82) is 0 Å². The molecule has 1 aliphatic heterocycles. The van der Waals surface area contributed by atoms with Crippen molar-refractivity contribution in [2.24, 2.45) is 0 Å². The summed E-state index contributed by atoms with van der Waals surface area (Å²) in [4.78, 5) is 23.6. The number of hydrogen-bond donors (Lipinski definition) is 2. The van der Waals surface area contributed by atoms with Crippen molar-refractivity contribution in [3.05, 3.63) is 45.8 Å². The van der Waals surface area contributed by atoms with Gasteiger partial charge in [-0.05, 0) is 6.07 Å². The molecule has 0 radical (unpaired) electrons. The summed E-state index contributed by atoms with van der Waals surface area (Å²) in [5.74, 6) is -0.562. The first kappa shape index (κ1) is 14.4. The number of fused-ring (bicyclic) bond motifs is 1. The number of halogens is 3. The fraction of sp³-hybridized carbons (Fsp3) is 0.308. The highest BCUT2D eigenvalue weighted by molar-refractivity contribution is 5.55. The Morgan fingerprint density at radius 1 is 1.32 bits per heavy atom. The molecule has 3 heterocycles. The number of nitrogens with two attached hydrogens (primary N) is 1. The second-order valence-electron chi connectivity index (χ2n) is 4.95. The van der Waals surface area contributed by atoms with Crippen molar-refractivity contribution in [2.75, 3.05) is 17.2 Å². The van der Waals surface area contributed by atoms with E-state index in [-0.39, 0.29) is 17.8 Å². The average Bonchev–Trinajstić information content (AvgIpc) is 2.47. The molecule has 0 unspecified atom stereocenters. The molecule has 0 bridgehead atoms. The van der Waals surface area contributed by atoms with Gasteiger partial charge in [-0.3, -0.25) is 4.79 Å². The molecule has 0 spiro atoms. The van der Waals surface area contributed by atoms with Gasteiger partial charge in [0.25, 0.3) is 5.56 Å². The molecular weight excluding hydrogens is 299 g/mol. The highest BCUT2D eigenvalue weighted by Crippen LogP contribution is 2.35. The highest BCUT2D eigenvalue weighted by atomic mass is 19.4. The van der Waals surface area contributed by atoms with Crippen LogP contribution in [0.5, 0.6) is 0 Å². The van der Waals surface area contributed by atoms with Crippen LogP contribution in [0.4, 0.5) is 24.7 Å². The first-order valence-electron chi connectivity index (χ1n) is 6.49. The van der Waals surface area contributed by atoms with Crippen LogP contribution in [0.15, 0.2) is 23.4 Å². The fourth-order valence-electron chi connectivity index (χ4n) is 2.44. The molecule has 0 aliphatic carbocycles. The lowest BCUT2D eigenvalue weighted by Gasteiger charge is -2.29. The number of nitrogens with zero attached hydrogens (tertiary/aromatic N) is 3. The number of aromatic nitrogens is 3. The lowest BCUT2D eigenvalue weighted by atomic mass is 10.1. The van der Waals surface area contributed by atoms with Crippen LogP contribution < -0.4 is 16.2 Å². The van der Waals surface area contributed by atoms with Gasteiger partial charge in [0.05, 0.1) is 41.6 Å². The minimum atomic E-state index is -4.57. The molecule has 0 saturated carbocycles. The molecule has 116 valence electrons. The maximum absolute atomic E-state index is 12.9. The van der Waals surface area contributed by atoms with Gasteiger partial charge >= 0.3 is 6.18 Å². The van der Waals surface area contributed by atoms with Crippen LogP contribution in [0.2, 0.25) is 0 Å². The summed E-state index contributed by atoms with van der Waals surface area (Å²) in [5, 5.41) is 0. The number of rotatable bonds is 1. The van der Waals surface area contributed by atoms with Crippen molar-refractivity contribution in [2.45, 2.75) is 19.1 Å². The van der Waals surface area contributed by atoms with E-state index < -0.39 is 17.6 Å². The lowest BCUT2D eigenvalue weighted by molar-refractivity contribution is -0.137. The summed E-state index contributed by atoms with van der Waals surface area (Å²) in [7, 11) is 0. The number of hydrogen-bond acceptors (Lipinski definition) is 5. The summed E-state index contributed by atoms with van der Waals surface area (Å²) >= 11 is 0. The third kappa shape index (κ3) is 2.49. The van der Waals surface area contributed by atoms with E-state index >= 15 is 0 Å². The number of H-pyrrole nitrogens is 1. The minimum absolute atomic E-state index is 0.182. The van der Waals surface area contributed by atoms with Crippen molar-refractivity contribution in [1.82, 2.24) is 15.0 Å². The van der Waals surface area contributed by atoms with Gasteiger partial charge in [-0.2, -0.15) is 13.2 Å². The molecule has 9 heteroatoms. The molecular formula is C13H12F3N5O. The van der Waals surface area contributed by atoms with Crippen molar-refractivity contribution >= 4 is 11.5 Å². The summed E-state index contributed by atoms with van der Waals surface area (Å²) < 4.78 is 38.7. The number of nitrogen functional groups attached to an aromatic ring is 1. The number of aromatic amines is 1. The molecule has 6 nitrogen and oxygen atoms in total. The van der Waals surface area contributed by atoms with Crippen LogP contribution >= 0.6 is 0 Å². The maximum Gasteiger partial charge on any atom is 0.420 e. The number of pyridine rings is 1. The summed E-state index contributed by atoms with van der Waals surface area (Å²) in [6.45, 7) is 0.633. The van der Waals surface area contributed by atoms with E-state index in [1.807, 2.05) is 0 Å². The van der Waals surface area contributed by atoms with Gasteiger partial charge < -0.3 is 15.6 Å². The fourth-order valence-corrected chi connectivity index (χ4v) is 2.44. The second kappa shape index (κ2) is 5.00. The molecule has 2 aromatic rings. The lowest BCUT2D eigenvalue weighted by Crippen LogP contribution is -2.35. The van der Waals surface area contributed by atoms with Crippen LogP contribution in [0.1, 0.15) is 16.8 Å². The average molecular weight is 311 g/mol. The van der Waals surface area contributed by atoms with E-state index in [1.54, 1.807) is 4.90 Å². The zero-order chi connectivity index (χ0) is 15.9.